The molecule has 0 radical (unpaired) electrons. The molecule has 2 fully saturated rings. The van der Waals surface area contributed by atoms with Crippen molar-refractivity contribution in [3.05, 3.63) is 76.3 Å². The Bertz CT molecular complexity index is 1290. The van der Waals surface area contributed by atoms with Crippen LogP contribution in [0.3, 0.4) is 0 Å². The first kappa shape index (κ1) is 18.3. The van der Waals surface area contributed by atoms with Crippen LogP contribution in [0.1, 0.15) is 30.5 Å². The van der Waals surface area contributed by atoms with Gasteiger partial charge < -0.3 is 9.88 Å². The zero-order valence-corrected chi connectivity index (χ0v) is 17.2. The Morgan fingerprint density at radius 1 is 1.13 bits per heavy atom. The minimum atomic E-state index is -0.0664. The van der Waals surface area contributed by atoms with Gasteiger partial charge in [0.05, 0.1) is 22.5 Å². The molecule has 1 aliphatic carbocycles. The zero-order chi connectivity index (χ0) is 20.9. The summed E-state index contributed by atoms with van der Waals surface area (Å²) in [5.41, 5.74) is 4.74. The first-order chi connectivity index (χ1) is 15.2. The first-order valence-electron chi connectivity index (χ1n) is 10.9. The predicted molar refractivity (Wildman–Crippen MR) is 121 cm³/mol. The molecule has 3 unspecified atom stereocenters. The summed E-state index contributed by atoms with van der Waals surface area (Å²) in [7, 11) is 0. The van der Waals surface area contributed by atoms with Gasteiger partial charge in [-0.05, 0) is 67.3 Å². The number of likely N-dealkylation sites (tertiary alicyclic amines) is 1. The molecule has 154 valence electrons. The molecule has 31 heavy (non-hydrogen) atoms. The number of piperazine rings is 1. The van der Waals surface area contributed by atoms with Gasteiger partial charge in [0.15, 0.2) is 0 Å². The van der Waals surface area contributed by atoms with Gasteiger partial charge in [-0.25, -0.2) is 0 Å². The van der Waals surface area contributed by atoms with Gasteiger partial charge in [0, 0.05) is 48.8 Å². The topological polar surface area (TPSA) is 76.0 Å². The molecule has 3 aromatic rings. The van der Waals surface area contributed by atoms with Crippen LogP contribution in [0.2, 0.25) is 0 Å². The van der Waals surface area contributed by atoms with Gasteiger partial charge in [-0.3, -0.25) is 14.7 Å². The number of nitrogens with zero attached hydrogens (tertiary/aromatic N) is 4. The largest absolute Gasteiger partial charge is 0.366 e. The Morgan fingerprint density at radius 2 is 2.00 bits per heavy atom. The quantitative estimate of drug-likeness (QED) is 0.718. The van der Waals surface area contributed by atoms with Crippen LogP contribution in [-0.2, 0) is 0 Å². The summed E-state index contributed by atoms with van der Waals surface area (Å²) in [6.45, 7) is 2.10. The van der Waals surface area contributed by atoms with E-state index in [1.807, 2.05) is 24.3 Å². The second kappa shape index (κ2) is 7.07. The Kier molecular flexibility index (Phi) is 4.18. The van der Waals surface area contributed by atoms with E-state index < -0.39 is 0 Å². The van der Waals surface area contributed by atoms with Crippen molar-refractivity contribution in [2.24, 2.45) is 0 Å². The van der Waals surface area contributed by atoms with Crippen molar-refractivity contribution in [1.29, 1.82) is 5.26 Å². The van der Waals surface area contributed by atoms with Crippen molar-refractivity contribution >= 4 is 22.2 Å². The first-order valence-corrected chi connectivity index (χ1v) is 10.9. The fraction of sp³-hybridized carbons (Fsp3) is 0.320. The van der Waals surface area contributed by atoms with Gasteiger partial charge in [-0.2, -0.15) is 5.26 Å². The van der Waals surface area contributed by atoms with Crippen molar-refractivity contribution in [2.75, 3.05) is 18.0 Å². The summed E-state index contributed by atoms with van der Waals surface area (Å²) in [4.78, 5) is 25.0. The third kappa shape index (κ3) is 3.05. The third-order valence-corrected chi connectivity index (χ3v) is 7.10. The minimum Gasteiger partial charge on any atom is -0.366 e. The number of allylic oxidation sites excluding steroid dienone is 1. The highest BCUT2D eigenvalue weighted by atomic mass is 16.1. The molecule has 2 aliphatic heterocycles. The number of nitrogens with one attached hydrogen (secondary N) is 1. The SMILES string of the molecule is N#Cc1ccc(N2CC3CC2CN3C2C=C(c3cc4ncccc4c(=O)[nH]3)CC2)cc1. The normalized spacial score (nSPS) is 25.2. The van der Waals surface area contributed by atoms with Crippen molar-refractivity contribution in [3.8, 4) is 6.07 Å². The van der Waals surface area contributed by atoms with Crippen molar-refractivity contribution in [1.82, 2.24) is 14.9 Å². The molecule has 0 saturated carbocycles. The van der Waals surface area contributed by atoms with Crippen LogP contribution < -0.4 is 10.5 Å². The van der Waals surface area contributed by atoms with Gasteiger partial charge >= 0.3 is 0 Å². The second-order valence-electron chi connectivity index (χ2n) is 8.80. The van der Waals surface area contributed by atoms with Crippen LogP contribution in [0.4, 0.5) is 5.69 Å². The molecule has 3 aliphatic rings. The number of nitriles is 1. The number of rotatable bonds is 3. The summed E-state index contributed by atoms with van der Waals surface area (Å²) in [6, 6.07) is 17.3. The standard InChI is InChI=1S/C25H23N5O/c26-13-16-3-6-18(7-4-16)29-14-21-11-20(29)15-30(21)19-8-5-17(10-19)23-12-24-22(25(31)28-23)2-1-9-27-24/h1-4,6-7,9-10,12,19-21H,5,8,11,14-15H2,(H,28,31). The van der Waals surface area contributed by atoms with E-state index in [1.165, 1.54) is 17.7 Å². The van der Waals surface area contributed by atoms with Gasteiger partial charge in [-0.15, -0.1) is 0 Å². The van der Waals surface area contributed by atoms with E-state index in [-0.39, 0.29) is 5.56 Å². The average Bonchev–Trinajstić information content (AvgIpc) is 3.55. The van der Waals surface area contributed by atoms with E-state index in [9.17, 15) is 4.79 Å². The molecule has 2 aromatic heterocycles. The van der Waals surface area contributed by atoms with Crippen LogP contribution >= 0.6 is 0 Å². The van der Waals surface area contributed by atoms with Crippen LogP contribution in [0, 0.1) is 11.3 Å². The third-order valence-electron chi connectivity index (χ3n) is 7.10. The Morgan fingerprint density at radius 3 is 2.77 bits per heavy atom. The van der Waals surface area contributed by atoms with Gasteiger partial charge in [0.25, 0.3) is 5.56 Å². The Labute approximate surface area is 180 Å². The van der Waals surface area contributed by atoms with E-state index in [0.29, 0.717) is 29.1 Å². The van der Waals surface area contributed by atoms with Crippen LogP contribution in [0.25, 0.3) is 16.5 Å². The molecule has 6 rings (SSSR count). The van der Waals surface area contributed by atoms with Gasteiger partial charge in [0.1, 0.15) is 0 Å². The average molecular weight is 409 g/mol. The maximum absolute atomic E-state index is 12.5. The summed E-state index contributed by atoms with van der Waals surface area (Å²) in [6.07, 6.45) is 7.35. The lowest BCUT2D eigenvalue weighted by atomic mass is 10.1. The lowest BCUT2D eigenvalue weighted by molar-refractivity contribution is 0.196. The molecule has 0 amide bonds. The molecule has 6 heteroatoms. The van der Waals surface area contributed by atoms with Crippen LogP contribution in [0.15, 0.2) is 59.5 Å². The fourth-order valence-electron chi connectivity index (χ4n) is 5.60. The fourth-order valence-corrected chi connectivity index (χ4v) is 5.60. The lowest BCUT2D eigenvalue weighted by Gasteiger charge is -2.38. The number of H-pyrrole nitrogens is 1. The number of aromatic amines is 1. The molecular weight excluding hydrogens is 386 g/mol. The highest BCUT2D eigenvalue weighted by molar-refractivity contribution is 5.81. The molecule has 0 spiro atoms. The van der Waals surface area contributed by atoms with E-state index in [1.54, 1.807) is 12.3 Å². The Hall–Kier alpha value is -3.43. The van der Waals surface area contributed by atoms with Crippen LogP contribution in [0.5, 0.6) is 0 Å². The Balaban J connectivity index is 1.20. The van der Waals surface area contributed by atoms with Crippen molar-refractivity contribution < 1.29 is 0 Å². The van der Waals surface area contributed by atoms with E-state index >= 15 is 0 Å². The summed E-state index contributed by atoms with van der Waals surface area (Å²) in [5, 5.41) is 9.67. The molecule has 2 saturated heterocycles. The summed E-state index contributed by atoms with van der Waals surface area (Å²) >= 11 is 0. The highest BCUT2D eigenvalue weighted by Crippen LogP contribution is 2.39. The van der Waals surface area contributed by atoms with E-state index in [2.05, 4.69) is 44.0 Å². The predicted octanol–water partition coefficient (Wildman–Crippen LogP) is 3.30. The summed E-state index contributed by atoms with van der Waals surface area (Å²) < 4.78 is 0. The maximum atomic E-state index is 12.5. The molecular formula is C25H23N5O. The molecule has 3 atom stereocenters. The second-order valence-corrected chi connectivity index (χ2v) is 8.80. The van der Waals surface area contributed by atoms with E-state index in [0.717, 1.165) is 37.1 Å². The number of pyridine rings is 2. The zero-order valence-electron chi connectivity index (χ0n) is 17.2. The van der Waals surface area contributed by atoms with Crippen molar-refractivity contribution in [3.63, 3.8) is 0 Å². The highest BCUT2D eigenvalue weighted by Gasteiger charge is 2.45. The number of fused-ring (bicyclic) bond motifs is 3. The molecule has 6 nitrogen and oxygen atoms in total. The van der Waals surface area contributed by atoms with Crippen molar-refractivity contribution in [2.45, 2.75) is 37.4 Å². The molecule has 2 bridgehead atoms. The van der Waals surface area contributed by atoms with E-state index in [4.69, 9.17) is 5.26 Å². The number of anilines is 1. The van der Waals surface area contributed by atoms with Crippen LogP contribution in [-0.4, -0.2) is 46.1 Å². The lowest BCUT2D eigenvalue weighted by Crippen LogP contribution is -2.49. The van der Waals surface area contributed by atoms with Gasteiger partial charge in [0.2, 0.25) is 0 Å². The smallest absolute Gasteiger partial charge is 0.257 e. The monoisotopic (exact) mass is 409 g/mol. The number of hydrogen-bond acceptors (Lipinski definition) is 5. The van der Waals surface area contributed by atoms with Gasteiger partial charge in [-0.1, -0.05) is 6.08 Å². The molecule has 4 heterocycles. The number of aromatic nitrogens is 2. The number of benzene rings is 1. The molecule has 1 N–H and O–H groups in total. The summed E-state index contributed by atoms with van der Waals surface area (Å²) in [5.74, 6) is 0. The maximum Gasteiger partial charge on any atom is 0.257 e. The number of hydrogen-bond donors (Lipinski definition) is 1. The molecule has 1 aromatic carbocycles. The minimum absolute atomic E-state index is 0.0664.